The maximum Gasteiger partial charge on any atom is 0.302 e. The van der Waals surface area contributed by atoms with Gasteiger partial charge in [0.1, 0.15) is 11.9 Å². The van der Waals surface area contributed by atoms with Crippen molar-refractivity contribution in [1.82, 2.24) is 0 Å². The summed E-state index contributed by atoms with van der Waals surface area (Å²) in [7, 11) is 0. The fourth-order valence-corrected chi connectivity index (χ4v) is 6.48. The Morgan fingerprint density at radius 2 is 1.76 bits per heavy atom. The topological polar surface area (TPSA) is 60.4 Å². The van der Waals surface area contributed by atoms with E-state index in [0.29, 0.717) is 24.5 Å². The van der Waals surface area contributed by atoms with E-state index in [1.165, 1.54) is 12.5 Å². The van der Waals surface area contributed by atoms with Gasteiger partial charge in [-0.3, -0.25) is 14.4 Å². The Morgan fingerprint density at radius 1 is 1.08 bits per heavy atom. The number of carbonyl (C=O) groups is 3. The van der Waals surface area contributed by atoms with Gasteiger partial charge in [-0.1, -0.05) is 19.4 Å². The molecule has 0 heterocycles. The lowest BCUT2D eigenvalue weighted by molar-refractivity contribution is -0.149. The summed E-state index contributed by atoms with van der Waals surface area (Å²) in [4.78, 5) is 36.8. The van der Waals surface area contributed by atoms with Crippen molar-refractivity contribution >= 4 is 17.5 Å². The highest BCUT2D eigenvalue weighted by molar-refractivity contribution is 5.96. The molecule has 0 saturated heterocycles. The van der Waals surface area contributed by atoms with Gasteiger partial charge in [-0.2, -0.15) is 0 Å². The lowest BCUT2D eigenvalue weighted by atomic mass is 9.48. The van der Waals surface area contributed by atoms with E-state index in [1.807, 2.05) is 6.08 Å². The first-order chi connectivity index (χ1) is 11.8. The highest BCUT2D eigenvalue weighted by Gasteiger charge is 2.61. The summed E-state index contributed by atoms with van der Waals surface area (Å²) in [5.41, 5.74) is 0.902. The minimum Gasteiger partial charge on any atom is -0.462 e. The van der Waals surface area contributed by atoms with Gasteiger partial charge in [-0.05, 0) is 55.4 Å². The third kappa shape index (κ3) is 2.36. The minimum atomic E-state index is -0.284. The van der Waals surface area contributed by atoms with Gasteiger partial charge in [0.2, 0.25) is 0 Å². The lowest BCUT2D eigenvalue weighted by Crippen LogP contribution is -2.53. The highest BCUT2D eigenvalue weighted by Crippen LogP contribution is 2.63. The summed E-state index contributed by atoms with van der Waals surface area (Å²) in [6.45, 7) is 5.84. The van der Waals surface area contributed by atoms with Crippen molar-refractivity contribution in [2.75, 3.05) is 0 Å². The van der Waals surface area contributed by atoms with E-state index in [4.69, 9.17) is 4.74 Å². The zero-order valence-corrected chi connectivity index (χ0v) is 15.5. The van der Waals surface area contributed by atoms with Crippen molar-refractivity contribution in [1.29, 1.82) is 0 Å². The van der Waals surface area contributed by atoms with Crippen LogP contribution in [0.5, 0.6) is 0 Å². The van der Waals surface area contributed by atoms with Crippen molar-refractivity contribution in [2.24, 2.45) is 28.6 Å². The Morgan fingerprint density at radius 3 is 2.48 bits per heavy atom. The van der Waals surface area contributed by atoms with Crippen molar-refractivity contribution in [3.05, 3.63) is 11.6 Å². The molecular weight excluding hydrogens is 316 g/mol. The van der Waals surface area contributed by atoms with Crippen molar-refractivity contribution in [2.45, 2.75) is 71.8 Å². The van der Waals surface area contributed by atoms with Crippen LogP contribution in [0.2, 0.25) is 0 Å². The number of hydrogen-bond donors (Lipinski definition) is 0. The first kappa shape index (κ1) is 17.0. The molecular formula is C21H28O4. The molecule has 4 aliphatic carbocycles. The number of ether oxygens (including phenoxy) is 1. The van der Waals surface area contributed by atoms with E-state index in [0.717, 1.165) is 32.1 Å². The lowest BCUT2D eigenvalue weighted by Gasteiger charge is -2.55. The molecule has 0 unspecified atom stereocenters. The third-order valence-electron chi connectivity index (χ3n) is 7.94. The van der Waals surface area contributed by atoms with E-state index in [9.17, 15) is 14.4 Å². The molecule has 0 aromatic heterocycles. The first-order valence-corrected chi connectivity index (χ1v) is 9.71. The summed E-state index contributed by atoms with van der Waals surface area (Å²) in [6.07, 6.45) is 7.66. The molecule has 4 nitrogen and oxygen atoms in total. The van der Waals surface area contributed by atoms with Gasteiger partial charge >= 0.3 is 5.97 Å². The average molecular weight is 344 g/mol. The summed E-state index contributed by atoms with van der Waals surface area (Å²) >= 11 is 0. The van der Waals surface area contributed by atoms with Crippen LogP contribution in [0.3, 0.4) is 0 Å². The Labute approximate surface area is 149 Å². The molecule has 3 saturated carbocycles. The quantitative estimate of drug-likeness (QED) is 0.682. The van der Waals surface area contributed by atoms with Gasteiger partial charge in [0.15, 0.2) is 5.78 Å². The number of fused-ring (bicyclic) bond motifs is 5. The molecule has 0 N–H and O–H groups in total. The highest BCUT2D eigenvalue weighted by atomic mass is 16.5. The van der Waals surface area contributed by atoms with Crippen LogP contribution in [0.4, 0.5) is 0 Å². The maximum atomic E-state index is 13.1. The van der Waals surface area contributed by atoms with Crippen molar-refractivity contribution in [3.8, 4) is 0 Å². The predicted molar refractivity (Wildman–Crippen MR) is 92.7 cm³/mol. The normalized spacial score (nSPS) is 46.0. The fourth-order valence-electron chi connectivity index (χ4n) is 6.48. The SMILES string of the molecule is CC(=O)O[C@@H]1CC[C@@]2(C)C(=CC(=O)[C@@H]3[C@@H]2CC[C@]2(C)C(=O)CC[C@@H]32)C1. The molecule has 0 aliphatic heterocycles. The molecule has 3 fully saturated rings. The number of carbonyl (C=O) groups excluding carboxylic acids is 3. The number of rotatable bonds is 1. The predicted octanol–water partition coefficient (Wildman–Crippen LogP) is 3.63. The summed E-state index contributed by atoms with van der Waals surface area (Å²) in [5.74, 6) is 0.888. The van der Waals surface area contributed by atoms with E-state index < -0.39 is 0 Å². The largest absolute Gasteiger partial charge is 0.462 e. The molecule has 0 aromatic carbocycles. The van der Waals surface area contributed by atoms with Crippen LogP contribution in [-0.2, 0) is 19.1 Å². The van der Waals surface area contributed by atoms with Crippen LogP contribution in [0.1, 0.15) is 65.7 Å². The zero-order chi connectivity index (χ0) is 18.0. The molecule has 25 heavy (non-hydrogen) atoms. The number of ketones is 2. The van der Waals surface area contributed by atoms with Gasteiger partial charge < -0.3 is 4.74 Å². The van der Waals surface area contributed by atoms with Crippen LogP contribution in [0.25, 0.3) is 0 Å². The standard InChI is InChI=1S/C21H28O4/c1-12(22)25-14-6-8-20(2)13(10-14)11-17(23)19-15-4-5-18(24)21(15,3)9-7-16(19)20/h11,14-16,19H,4-10H2,1-3H3/t14-,15+,16+,19+,20+,21+/m1/s1. The molecule has 0 radical (unpaired) electrons. The number of esters is 1. The molecule has 136 valence electrons. The Kier molecular flexibility index (Phi) is 3.75. The van der Waals surface area contributed by atoms with E-state index in [-0.39, 0.29) is 40.5 Å². The van der Waals surface area contributed by atoms with Crippen molar-refractivity contribution < 1.29 is 19.1 Å². The summed E-state index contributed by atoms with van der Waals surface area (Å²) in [5, 5.41) is 0. The van der Waals surface area contributed by atoms with Gasteiger partial charge in [0, 0.05) is 31.1 Å². The second kappa shape index (κ2) is 5.52. The molecule has 0 amide bonds. The molecule has 4 rings (SSSR count). The Balaban J connectivity index is 1.67. The molecule has 0 spiro atoms. The average Bonchev–Trinajstić information content (AvgIpc) is 2.84. The smallest absolute Gasteiger partial charge is 0.302 e. The van der Waals surface area contributed by atoms with Crippen LogP contribution in [-0.4, -0.2) is 23.6 Å². The van der Waals surface area contributed by atoms with Gasteiger partial charge in [0.05, 0.1) is 0 Å². The second-order valence-electron chi connectivity index (χ2n) is 9.12. The molecule has 6 atom stereocenters. The summed E-state index contributed by atoms with van der Waals surface area (Å²) < 4.78 is 5.42. The Hall–Kier alpha value is -1.45. The number of hydrogen-bond acceptors (Lipinski definition) is 4. The zero-order valence-electron chi connectivity index (χ0n) is 15.5. The van der Waals surface area contributed by atoms with Crippen LogP contribution in [0, 0.1) is 28.6 Å². The van der Waals surface area contributed by atoms with Crippen molar-refractivity contribution in [3.63, 3.8) is 0 Å². The monoisotopic (exact) mass is 344 g/mol. The van der Waals surface area contributed by atoms with E-state index in [2.05, 4.69) is 13.8 Å². The number of allylic oxidation sites excluding steroid dienone is 1. The molecule has 0 bridgehead atoms. The molecule has 4 heteroatoms. The van der Waals surface area contributed by atoms with Crippen LogP contribution < -0.4 is 0 Å². The van der Waals surface area contributed by atoms with Crippen LogP contribution in [0.15, 0.2) is 11.6 Å². The van der Waals surface area contributed by atoms with Gasteiger partial charge in [0.25, 0.3) is 0 Å². The Bertz CT molecular complexity index is 677. The number of Topliss-reactive ketones (excluding diaryl/α,β-unsaturated/α-hetero) is 1. The van der Waals surface area contributed by atoms with Gasteiger partial charge in [-0.15, -0.1) is 0 Å². The molecule has 0 aromatic rings. The summed E-state index contributed by atoms with van der Waals surface area (Å²) in [6, 6.07) is 0. The van der Waals surface area contributed by atoms with E-state index >= 15 is 0 Å². The second-order valence-corrected chi connectivity index (χ2v) is 9.12. The molecule has 4 aliphatic rings. The third-order valence-corrected chi connectivity index (χ3v) is 7.94. The van der Waals surface area contributed by atoms with E-state index in [1.54, 1.807) is 0 Å². The van der Waals surface area contributed by atoms with Gasteiger partial charge in [-0.25, -0.2) is 0 Å². The fraction of sp³-hybridized carbons (Fsp3) is 0.762. The first-order valence-electron chi connectivity index (χ1n) is 9.71. The van der Waals surface area contributed by atoms with Crippen LogP contribution >= 0.6 is 0 Å². The maximum absolute atomic E-state index is 13.1. The minimum absolute atomic E-state index is 0.00391.